The van der Waals surface area contributed by atoms with Gasteiger partial charge in [-0.1, -0.05) is 24.2 Å². The summed E-state index contributed by atoms with van der Waals surface area (Å²) in [4.78, 5) is 24.4. The molecule has 0 radical (unpaired) electrons. The van der Waals surface area contributed by atoms with E-state index in [0.717, 1.165) is 12.1 Å². The summed E-state index contributed by atoms with van der Waals surface area (Å²) in [6.45, 7) is 1.06. The summed E-state index contributed by atoms with van der Waals surface area (Å²) in [5.74, 6) is -2.16. The van der Waals surface area contributed by atoms with Crippen molar-refractivity contribution < 1.29 is 27.7 Å². The van der Waals surface area contributed by atoms with Gasteiger partial charge in [0.05, 0.1) is 11.5 Å². The number of hydrogen-bond donors (Lipinski definition) is 1. The monoisotopic (exact) mass is 447 g/mol. The van der Waals surface area contributed by atoms with Crippen molar-refractivity contribution in [3.63, 3.8) is 0 Å². The zero-order chi connectivity index (χ0) is 23.3. The number of aromatic nitrogens is 2. The van der Waals surface area contributed by atoms with Crippen molar-refractivity contribution >= 4 is 17.6 Å². The van der Waals surface area contributed by atoms with Crippen LogP contribution in [-0.4, -0.2) is 32.5 Å². The van der Waals surface area contributed by atoms with Gasteiger partial charge in [-0.05, 0) is 12.0 Å². The standard InChI is InChI=1S/C20H19F2N5O5/c1-2-15-16(22)7-13(21)8-17(15)31-11-19(28)26(10-18-24-25-20(23)32-18)9-12-3-5-14(6-4-12)27(29)30/h3-8H,2,9-11H2,1H3,(H2,23,25). The van der Waals surface area contributed by atoms with Crippen LogP contribution in [0.2, 0.25) is 0 Å². The van der Waals surface area contributed by atoms with E-state index in [1.165, 1.54) is 29.2 Å². The Morgan fingerprint density at radius 1 is 1.22 bits per heavy atom. The van der Waals surface area contributed by atoms with Gasteiger partial charge in [-0.3, -0.25) is 14.9 Å². The minimum absolute atomic E-state index is 0.0284. The first-order chi connectivity index (χ1) is 15.3. The highest BCUT2D eigenvalue weighted by atomic mass is 19.1. The second-order valence-electron chi connectivity index (χ2n) is 6.71. The fraction of sp³-hybridized carbons (Fsp3) is 0.250. The van der Waals surface area contributed by atoms with Crippen molar-refractivity contribution in [1.29, 1.82) is 0 Å². The summed E-state index contributed by atoms with van der Waals surface area (Å²) in [6, 6.07) is 7.19. The van der Waals surface area contributed by atoms with Crippen molar-refractivity contribution in [3.8, 4) is 5.75 Å². The summed E-state index contributed by atoms with van der Waals surface area (Å²) in [6.07, 6.45) is 0.239. The average Bonchev–Trinajstić information content (AvgIpc) is 3.16. The smallest absolute Gasteiger partial charge is 0.312 e. The predicted molar refractivity (Wildman–Crippen MR) is 107 cm³/mol. The van der Waals surface area contributed by atoms with Gasteiger partial charge in [0.15, 0.2) is 6.61 Å². The highest BCUT2D eigenvalue weighted by molar-refractivity contribution is 5.77. The number of anilines is 1. The van der Waals surface area contributed by atoms with Gasteiger partial charge in [-0.15, -0.1) is 5.10 Å². The lowest BCUT2D eigenvalue weighted by Crippen LogP contribution is -2.34. The van der Waals surface area contributed by atoms with Gasteiger partial charge in [-0.25, -0.2) is 8.78 Å². The van der Waals surface area contributed by atoms with Crippen LogP contribution in [0.1, 0.15) is 23.9 Å². The third-order valence-electron chi connectivity index (χ3n) is 4.51. The highest BCUT2D eigenvalue weighted by Gasteiger charge is 2.20. The maximum absolute atomic E-state index is 14.0. The van der Waals surface area contributed by atoms with E-state index in [0.29, 0.717) is 5.56 Å². The number of nitrogens with zero attached hydrogens (tertiary/aromatic N) is 4. The van der Waals surface area contributed by atoms with E-state index in [1.807, 2.05) is 0 Å². The van der Waals surface area contributed by atoms with Crippen LogP contribution in [0.25, 0.3) is 0 Å². The molecule has 2 aromatic carbocycles. The first kappa shape index (κ1) is 22.6. The van der Waals surface area contributed by atoms with Crippen LogP contribution in [0.3, 0.4) is 0 Å². The molecular weight excluding hydrogens is 428 g/mol. The normalized spacial score (nSPS) is 10.7. The Morgan fingerprint density at radius 2 is 1.94 bits per heavy atom. The van der Waals surface area contributed by atoms with E-state index in [1.54, 1.807) is 6.92 Å². The SMILES string of the molecule is CCc1c(F)cc(F)cc1OCC(=O)N(Cc1ccc([N+](=O)[O-])cc1)Cc1nnc(N)o1. The molecule has 0 aliphatic carbocycles. The molecule has 10 nitrogen and oxygen atoms in total. The number of nitro groups is 1. The summed E-state index contributed by atoms with van der Waals surface area (Å²) >= 11 is 0. The van der Waals surface area contributed by atoms with Gasteiger partial charge in [0.2, 0.25) is 5.89 Å². The highest BCUT2D eigenvalue weighted by Crippen LogP contribution is 2.24. The third kappa shape index (κ3) is 5.53. The number of nitro benzene ring substituents is 1. The number of nitrogen functional groups attached to an aromatic ring is 1. The summed E-state index contributed by atoms with van der Waals surface area (Å²) in [5.41, 5.74) is 6.05. The predicted octanol–water partition coefficient (Wildman–Crippen LogP) is 3.01. The van der Waals surface area contributed by atoms with Crippen molar-refractivity contribution in [2.75, 3.05) is 12.3 Å². The summed E-state index contributed by atoms with van der Waals surface area (Å²) in [5, 5.41) is 18.1. The fourth-order valence-electron chi connectivity index (χ4n) is 2.95. The Morgan fingerprint density at radius 3 is 2.53 bits per heavy atom. The lowest BCUT2D eigenvalue weighted by Gasteiger charge is -2.22. The molecule has 0 spiro atoms. The second-order valence-corrected chi connectivity index (χ2v) is 6.71. The van der Waals surface area contributed by atoms with Gasteiger partial charge in [0.25, 0.3) is 11.6 Å². The Bertz CT molecular complexity index is 1120. The van der Waals surface area contributed by atoms with Crippen molar-refractivity contribution in [2.45, 2.75) is 26.4 Å². The number of amides is 1. The van der Waals surface area contributed by atoms with Crippen LogP contribution in [0.15, 0.2) is 40.8 Å². The maximum Gasteiger partial charge on any atom is 0.312 e. The molecule has 0 bridgehead atoms. The van der Waals surface area contributed by atoms with E-state index >= 15 is 0 Å². The van der Waals surface area contributed by atoms with E-state index < -0.39 is 29.1 Å². The van der Waals surface area contributed by atoms with E-state index in [2.05, 4.69) is 10.2 Å². The third-order valence-corrected chi connectivity index (χ3v) is 4.51. The zero-order valence-electron chi connectivity index (χ0n) is 17.0. The van der Waals surface area contributed by atoms with Gasteiger partial charge in [0, 0.05) is 36.4 Å². The van der Waals surface area contributed by atoms with Crippen molar-refractivity contribution in [3.05, 3.63) is 75.2 Å². The van der Waals surface area contributed by atoms with Crippen LogP contribution in [0.4, 0.5) is 20.5 Å². The van der Waals surface area contributed by atoms with Crippen LogP contribution >= 0.6 is 0 Å². The van der Waals surface area contributed by atoms with Gasteiger partial charge < -0.3 is 19.8 Å². The zero-order valence-corrected chi connectivity index (χ0v) is 17.0. The largest absolute Gasteiger partial charge is 0.483 e. The Balaban J connectivity index is 1.78. The molecule has 0 aliphatic rings. The number of hydrogen-bond acceptors (Lipinski definition) is 8. The number of rotatable bonds is 9. The minimum atomic E-state index is -0.828. The van der Waals surface area contributed by atoms with Crippen LogP contribution in [0.5, 0.6) is 5.75 Å². The maximum atomic E-state index is 14.0. The van der Waals surface area contributed by atoms with Gasteiger partial charge >= 0.3 is 6.01 Å². The quantitative estimate of drug-likeness (QED) is 0.390. The van der Waals surface area contributed by atoms with E-state index in [4.69, 9.17) is 14.9 Å². The number of carbonyl (C=O) groups is 1. The molecule has 32 heavy (non-hydrogen) atoms. The lowest BCUT2D eigenvalue weighted by molar-refractivity contribution is -0.384. The molecule has 0 fully saturated rings. The molecule has 0 atom stereocenters. The molecule has 0 aliphatic heterocycles. The number of halogens is 2. The lowest BCUT2D eigenvalue weighted by atomic mass is 10.1. The number of nitrogens with two attached hydrogens (primary N) is 1. The number of benzene rings is 2. The summed E-state index contributed by atoms with van der Waals surface area (Å²) in [7, 11) is 0. The number of non-ortho nitro benzene ring substituents is 1. The summed E-state index contributed by atoms with van der Waals surface area (Å²) < 4.78 is 38.1. The van der Waals surface area contributed by atoms with Crippen molar-refractivity contribution in [1.82, 2.24) is 15.1 Å². The molecular formula is C20H19F2N5O5. The Hall–Kier alpha value is -4.09. The molecule has 0 unspecified atom stereocenters. The van der Waals surface area contributed by atoms with Gasteiger partial charge in [0.1, 0.15) is 17.4 Å². The molecule has 3 aromatic rings. The molecule has 1 amide bonds. The fourth-order valence-corrected chi connectivity index (χ4v) is 2.95. The topological polar surface area (TPSA) is 138 Å². The van der Waals surface area contributed by atoms with E-state index in [-0.39, 0.29) is 48.4 Å². The van der Waals surface area contributed by atoms with E-state index in [9.17, 15) is 23.7 Å². The second kappa shape index (κ2) is 9.81. The molecule has 1 aromatic heterocycles. The minimum Gasteiger partial charge on any atom is -0.483 e. The average molecular weight is 447 g/mol. The first-order valence-corrected chi connectivity index (χ1v) is 9.46. The van der Waals surface area contributed by atoms with Crippen LogP contribution < -0.4 is 10.5 Å². The Kier molecular flexibility index (Phi) is 6.93. The van der Waals surface area contributed by atoms with Crippen molar-refractivity contribution in [2.24, 2.45) is 0 Å². The molecule has 1 heterocycles. The number of ether oxygens (including phenoxy) is 1. The first-order valence-electron chi connectivity index (χ1n) is 9.46. The number of carbonyl (C=O) groups excluding carboxylic acids is 1. The molecule has 2 N–H and O–H groups in total. The molecule has 12 heteroatoms. The molecule has 3 rings (SSSR count). The Labute approximate surface area is 180 Å². The molecule has 0 saturated heterocycles. The van der Waals surface area contributed by atoms with Gasteiger partial charge in [-0.2, -0.15) is 0 Å². The van der Waals surface area contributed by atoms with Crippen LogP contribution in [0, 0.1) is 21.7 Å². The van der Waals surface area contributed by atoms with Crippen LogP contribution in [-0.2, 0) is 24.3 Å². The molecule has 168 valence electrons. The molecule has 0 saturated carbocycles.